The van der Waals surface area contributed by atoms with Crippen LogP contribution in [-0.2, 0) is 4.74 Å². The molecule has 1 saturated carbocycles. The number of H-pyrrole nitrogens is 1. The second kappa shape index (κ2) is 6.75. The van der Waals surface area contributed by atoms with Crippen molar-refractivity contribution in [3.63, 3.8) is 0 Å². The summed E-state index contributed by atoms with van der Waals surface area (Å²) >= 11 is 2.14. The van der Waals surface area contributed by atoms with E-state index in [0.29, 0.717) is 18.3 Å². The van der Waals surface area contributed by atoms with Gasteiger partial charge in [-0.3, -0.25) is 9.69 Å². The van der Waals surface area contributed by atoms with Crippen LogP contribution in [0.5, 0.6) is 0 Å². The van der Waals surface area contributed by atoms with E-state index in [0.717, 1.165) is 41.7 Å². The number of halogens is 1. The minimum atomic E-state index is -0.108. The zero-order chi connectivity index (χ0) is 14.8. The number of hydrogen-bond acceptors (Lipinski definition) is 4. The summed E-state index contributed by atoms with van der Waals surface area (Å²) in [4.78, 5) is 22.3. The molecule has 0 aromatic carbocycles. The summed E-state index contributed by atoms with van der Waals surface area (Å²) in [6.45, 7) is 5.62. The van der Waals surface area contributed by atoms with Crippen molar-refractivity contribution in [2.24, 2.45) is 0 Å². The molecule has 5 nitrogen and oxygen atoms in total. The fourth-order valence-corrected chi connectivity index (χ4v) is 3.97. The molecule has 1 aliphatic heterocycles. The molecule has 2 heterocycles. The number of nitrogens with zero attached hydrogens (tertiary/aromatic N) is 2. The molecule has 1 unspecified atom stereocenters. The maximum Gasteiger partial charge on any atom is 0.264 e. The molecule has 0 bridgehead atoms. The number of hydrogen-bond donors (Lipinski definition) is 1. The summed E-state index contributed by atoms with van der Waals surface area (Å²) in [6.07, 6.45) is 4.68. The lowest BCUT2D eigenvalue weighted by Gasteiger charge is -2.31. The van der Waals surface area contributed by atoms with Crippen LogP contribution in [0.15, 0.2) is 4.79 Å². The Morgan fingerprint density at radius 3 is 2.90 bits per heavy atom. The van der Waals surface area contributed by atoms with E-state index in [2.05, 4.69) is 39.4 Å². The predicted molar refractivity (Wildman–Crippen MR) is 89.6 cm³/mol. The van der Waals surface area contributed by atoms with Crippen molar-refractivity contribution in [3.8, 4) is 0 Å². The highest BCUT2D eigenvalue weighted by molar-refractivity contribution is 14.1. The van der Waals surface area contributed by atoms with Gasteiger partial charge in [-0.2, -0.15) is 0 Å². The van der Waals surface area contributed by atoms with E-state index in [1.54, 1.807) is 0 Å². The fourth-order valence-electron chi connectivity index (χ4n) is 3.27. The molecule has 1 atom stereocenters. The molecule has 116 valence electrons. The first kappa shape index (κ1) is 15.4. The third-order valence-electron chi connectivity index (χ3n) is 4.55. The van der Waals surface area contributed by atoms with Gasteiger partial charge in [-0.15, -0.1) is 0 Å². The van der Waals surface area contributed by atoms with E-state index in [-0.39, 0.29) is 11.7 Å². The number of rotatable bonds is 3. The molecule has 3 rings (SSSR count). The molecule has 1 saturated heterocycles. The summed E-state index contributed by atoms with van der Waals surface area (Å²) < 4.78 is 6.59. The molecular weight excluding hydrogens is 381 g/mol. The Kier molecular flexibility index (Phi) is 4.96. The van der Waals surface area contributed by atoms with Gasteiger partial charge in [-0.1, -0.05) is 19.8 Å². The van der Waals surface area contributed by atoms with Crippen LogP contribution >= 0.6 is 22.6 Å². The Morgan fingerprint density at radius 2 is 2.19 bits per heavy atom. The summed E-state index contributed by atoms with van der Waals surface area (Å²) in [5.41, 5.74) is 0.976. The minimum Gasteiger partial charge on any atom is -0.368 e. The van der Waals surface area contributed by atoms with Crippen molar-refractivity contribution >= 4 is 22.6 Å². The van der Waals surface area contributed by atoms with E-state index in [1.165, 1.54) is 12.8 Å². The molecule has 6 heteroatoms. The van der Waals surface area contributed by atoms with Crippen molar-refractivity contribution < 1.29 is 4.74 Å². The number of nitrogens with one attached hydrogen (secondary N) is 1. The standard InChI is InChI=1S/C15H22IN3O2/c1-2-19-7-8-21-11(9-19)14-17-13(10-5-3-4-6-10)12(16)15(20)18-14/h10-11H,2-9H2,1H3,(H,17,18,20). The summed E-state index contributed by atoms with van der Waals surface area (Å²) in [5.74, 6) is 1.16. The summed E-state index contributed by atoms with van der Waals surface area (Å²) in [5, 5.41) is 0. The highest BCUT2D eigenvalue weighted by Gasteiger charge is 2.27. The molecule has 0 radical (unpaired) electrons. The number of aromatic nitrogens is 2. The molecule has 1 aromatic heterocycles. The van der Waals surface area contributed by atoms with Gasteiger partial charge in [0.2, 0.25) is 0 Å². The van der Waals surface area contributed by atoms with Crippen molar-refractivity contribution in [2.75, 3.05) is 26.2 Å². The highest BCUT2D eigenvalue weighted by atomic mass is 127. The first-order valence-electron chi connectivity index (χ1n) is 7.82. The molecule has 2 aliphatic rings. The maximum atomic E-state index is 12.2. The van der Waals surface area contributed by atoms with Crippen LogP contribution in [0.3, 0.4) is 0 Å². The Balaban J connectivity index is 1.90. The van der Waals surface area contributed by atoms with Crippen LogP contribution in [0.25, 0.3) is 0 Å². The van der Waals surface area contributed by atoms with Gasteiger partial charge in [0.1, 0.15) is 11.9 Å². The smallest absolute Gasteiger partial charge is 0.264 e. The molecule has 0 spiro atoms. The van der Waals surface area contributed by atoms with Gasteiger partial charge < -0.3 is 9.72 Å². The van der Waals surface area contributed by atoms with E-state index in [9.17, 15) is 4.79 Å². The average molecular weight is 403 g/mol. The van der Waals surface area contributed by atoms with Crippen LogP contribution in [0.4, 0.5) is 0 Å². The zero-order valence-corrected chi connectivity index (χ0v) is 14.6. The Bertz CT molecular complexity index is 554. The quantitative estimate of drug-likeness (QED) is 0.788. The third kappa shape index (κ3) is 3.32. The Hall–Kier alpha value is -0.470. The fraction of sp³-hybridized carbons (Fsp3) is 0.733. The van der Waals surface area contributed by atoms with Crippen molar-refractivity contribution in [2.45, 2.75) is 44.6 Å². The van der Waals surface area contributed by atoms with Gasteiger partial charge in [0.05, 0.1) is 15.9 Å². The number of aromatic amines is 1. The molecule has 2 fully saturated rings. The average Bonchev–Trinajstić information content (AvgIpc) is 3.04. The minimum absolute atomic E-state index is 0.0141. The van der Waals surface area contributed by atoms with E-state index in [4.69, 9.17) is 9.72 Å². The predicted octanol–water partition coefficient (Wildman–Crippen LogP) is 2.43. The number of likely N-dealkylation sites (N-methyl/N-ethyl adjacent to an activating group) is 1. The SMILES string of the molecule is CCN1CCOC(c2nc(C3CCCC3)c(I)c(=O)[nH]2)C1. The van der Waals surface area contributed by atoms with Crippen LogP contribution in [-0.4, -0.2) is 41.1 Å². The Morgan fingerprint density at radius 1 is 1.43 bits per heavy atom. The van der Waals surface area contributed by atoms with Gasteiger partial charge >= 0.3 is 0 Å². The third-order valence-corrected chi connectivity index (χ3v) is 5.59. The lowest BCUT2D eigenvalue weighted by Crippen LogP contribution is -2.39. The Labute approximate surface area is 138 Å². The molecule has 0 amide bonds. The first-order chi connectivity index (χ1) is 10.2. The van der Waals surface area contributed by atoms with E-state index < -0.39 is 0 Å². The second-order valence-electron chi connectivity index (χ2n) is 5.88. The molecule has 1 aromatic rings. The van der Waals surface area contributed by atoms with Crippen LogP contribution in [0, 0.1) is 3.57 Å². The molecule has 21 heavy (non-hydrogen) atoms. The van der Waals surface area contributed by atoms with Gasteiger partial charge in [0.25, 0.3) is 5.56 Å². The summed E-state index contributed by atoms with van der Waals surface area (Å²) in [7, 11) is 0. The first-order valence-corrected chi connectivity index (χ1v) is 8.90. The van der Waals surface area contributed by atoms with Gasteiger partial charge in [0.15, 0.2) is 0 Å². The topological polar surface area (TPSA) is 58.2 Å². The largest absolute Gasteiger partial charge is 0.368 e. The van der Waals surface area contributed by atoms with Crippen LogP contribution in [0.2, 0.25) is 0 Å². The zero-order valence-electron chi connectivity index (χ0n) is 12.4. The number of ether oxygens (including phenoxy) is 1. The highest BCUT2D eigenvalue weighted by Crippen LogP contribution is 2.34. The van der Waals surface area contributed by atoms with Crippen LogP contribution < -0.4 is 5.56 Å². The van der Waals surface area contributed by atoms with Crippen LogP contribution in [0.1, 0.15) is 56.1 Å². The van der Waals surface area contributed by atoms with Crippen molar-refractivity contribution in [1.82, 2.24) is 14.9 Å². The summed E-state index contributed by atoms with van der Waals surface area (Å²) in [6, 6.07) is 0. The lowest BCUT2D eigenvalue weighted by molar-refractivity contribution is -0.0328. The maximum absolute atomic E-state index is 12.2. The van der Waals surface area contributed by atoms with Gasteiger partial charge in [0, 0.05) is 19.0 Å². The monoisotopic (exact) mass is 403 g/mol. The molecule has 1 N–H and O–H groups in total. The van der Waals surface area contributed by atoms with E-state index >= 15 is 0 Å². The van der Waals surface area contributed by atoms with Crippen molar-refractivity contribution in [3.05, 3.63) is 25.4 Å². The second-order valence-corrected chi connectivity index (χ2v) is 6.96. The van der Waals surface area contributed by atoms with Gasteiger partial charge in [-0.25, -0.2) is 4.98 Å². The normalized spacial score (nSPS) is 24.6. The number of morpholine rings is 1. The molecular formula is C15H22IN3O2. The van der Waals surface area contributed by atoms with Gasteiger partial charge in [-0.05, 0) is 42.0 Å². The van der Waals surface area contributed by atoms with Crippen molar-refractivity contribution in [1.29, 1.82) is 0 Å². The lowest BCUT2D eigenvalue weighted by atomic mass is 10.0. The van der Waals surface area contributed by atoms with E-state index in [1.807, 2.05) is 0 Å². The molecule has 1 aliphatic carbocycles.